The van der Waals surface area contributed by atoms with Gasteiger partial charge in [0.05, 0.1) is 6.10 Å². The topological polar surface area (TPSA) is 24.5 Å². The molecule has 2 aliphatic heterocycles. The third kappa shape index (κ3) is 3.94. The van der Waals surface area contributed by atoms with Gasteiger partial charge in [-0.15, -0.1) is 0 Å². The van der Waals surface area contributed by atoms with Crippen LogP contribution in [0, 0.1) is 0 Å². The lowest BCUT2D eigenvalue weighted by molar-refractivity contribution is 0.0857. The van der Waals surface area contributed by atoms with Crippen LogP contribution in [0.25, 0.3) is 0 Å². The number of rotatable bonds is 6. The Bertz CT molecular complexity index is 229. The Morgan fingerprint density at radius 3 is 2.89 bits per heavy atom. The van der Waals surface area contributed by atoms with E-state index in [-0.39, 0.29) is 0 Å². The van der Waals surface area contributed by atoms with Gasteiger partial charge in [0.25, 0.3) is 0 Å². The van der Waals surface area contributed by atoms with Gasteiger partial charge in [-0.05, 0) is 65.6 Å². The number of piperidine rings is 1. The van der Waals surface area contributed by atoms with Gasteiger partial charge in [-0.3, -0.25) is 4.90 Å². The van der Waals surface area contributed by atoms with Crippen LogP contribution in [0.2, 0.25) is 0 Å². The molecule has 0 saturated carbocycles. The van der Waals surface area contributed by atoms with Crippen LogP contribution in [0.1, 0.15) is 51.9 Å². The highest BCUT2D eigenvalue weighted by molar-refractivity contribution is 4.84. The van der Waals surface area contributed by atoms with Crippen molar-refractivity contribution in [2.75, 3.05) is 26.7 Å². The Labute approximate surface area is 112 Å². The molecule has 0 amide bonds. The third-order valence-corrected chi connectivity index (χ3v) is 4.69. The molecule has 2 aliphatic rings. The average Bonchev–Trinajstić information content (AvgIpc) is 2.92. The van der Waals surface area contributed by atoms with Crippen LogP contribution >= 0.6 is 0 Å². The van der Waals surface area contributed by atoms with Gasteiger partial charge in [-0.2, -0.15) is 0 Å². The standard InChI is InChI=1S/C15H30N2O/c1-13(16-2)15-9-3-4-10-17(15)11-5-7-14-8-6-12-18-14/h13-16H,3-12H2,1-2H3. The van der Waals surface area contributed by atoms with Crippen LogP contribution in [0.4, 0.5) is 0 Å². The molecule has 2 saturated heterocycles. The van der Waals surface area contributed by atoms with Crippen molar-refractivity contribution in [2.45, 2.75) is 70.1 Å². The lowest BCUT2D eigenvalue weighted by Gasteiger charge is -2.39. The molecule has 1 N–H and O–H groups in total. The highest BCUT2D eigenvalue weighted by atomic mass is 16.5. The van der Waals surface area contributed by atoms with E-state index in [1.54, 1.807) is 0 Å². The molecule has 0 bridgehead atoms. The van der Waals surface area contributed by atoms with Gasteiger partial charge < -0.3 is 10.1 Å². The molecule has 3 atom stereocenters. The molecule has 0 spiro atoms. The molecule has 0 radical (unpaired) electrons. The summed E-state index contributed by atoms with van der Waals surface area (Å²) in [6, 6.07) is 1.36. The maximum absolute atomic E-state index is 5.71. The molecule has 0 aromatic carbocycles. The Kier molecular flexibility index (Phi) is 5.93. The Balaban J connectivity index is 1.71. The van der Waals surface area contributed by atoms with Gasteiger partial charge in [0.2, 0.25) is 0 Å². The summed E-state index contributed by atoms with van der Waals surface area (Å²) in [5.41, 5.74) is 0. The summed E-state index contributed by atoms with van der Waals surface area (Å²) in [5.74, 6) is 0. The predicted octanol–water partition coefficient (Wildman–Crippen LogP) is 2.41. The van der Waals surface area contributed by atoms with E-state index < -0.39 is 0 Å². The van der Waals surface area contributed by atoms with Crippen molar-refractivity contribution < 1.29 is 4.74 Å². The number of hydrogen-bond acceptors (Lipinski definition) is 3. The van der Waals surface area contributed by atoms with Crippen molar-refractivity contribution in [1.29, 1.82) is 0 Å². The Morgan fingerprint density at radius 2 is 2.17 bits per heavy atom. The number of nitrogens with one attached hydrogen (secondary N) is 1. The third-order valence-electron chi connectivity index (χ3n) is 4.69. The number of ether oxygens (including phenoxy) is 1. The van der Waals surface area contributed by atoms with Crippen LogP contribution in [-0.2, 0) is 4.74 Å². The molecule has 18 heavy (non-hydrogen) atoms. The zero-order valence-electron chi connectivity index (χ0n) is 12.2. The van der Waals surface area contributed by atoms with Crippen LogP contribution in [0.15, 0.2) is 0 Å². The smallest absolute Gasteiger partial charge is 0.0576 e. The predicted molar refractivity (Wildman–Crippen MR) is 75.9 cm³/mol. The fraction of sp³-hybridized carbons (Fsp3) is 1.00. The largest absolute Gasteiger partial charge is 0.378 e. The second-order valence-corrected chi connectivity index (χ2v) is 5.95. The van der Waals surface area contributed by atoms with Gasteiger partial charge >= 0.3 is 0 Å². The van der Waals surface area contributed by atoms with Crippen molar-refractivity contribution in [3.8, 4) is 0 Å². The molecule has 2 rings (SSSR count). The monoisotopic (exact) mass is 254 g/mol. The number of nitrogens with zero attached hydrogens (tertiary/aromatic N) is 1. The maximum atomic E-state index is 5.71. The fourth-order valence-electron chi connectivity index (χ4n) is 3.45. The SMILES string of the molecule is CNC(C)C1CCCCN1CCCC1CCCO1. The van der Waals surface area contributed by atoms with E-state index in [1.807, 2.05) is 0 Å². The van der Waals surface area contributed by atoms with Crippen molar-refractivity contribution in [2.24, 2.45) is 0 Å². The van der Waals surface area contributed by atoms with Crippen LogP contribution in [0.3, 0.4) is 0 Å². The van der Waals surface area contributed by atoms with Gasteiger partial charge in [0.1, 0.15) is 0 Å². The van der Waals surface area contributed by atoms with E-state index in [0.29, 0.717) is 12.1 Å². The molecule has 2 fully saturated rings. The van der Waals surface area contributed by atoms with Crippen molar-refractivity contribution in [3.05, 3.63) is 0 Å². The molecule has 0 aromatic heterocycles. The zero-order valence-corrected chi connectivity index (χ0v) is 12.2. The Hall–Kier alpha value is -0.120. The van der Waals surface area contributed by atoms with Crippen LogP contribution in [0.5, 0.6) is 0 Å². The number of likely N-dealkylation sites (tertiary alicyclic amines) is 1. The first-order chi connectivity index (χ1) is 8.81. The fourth-order valence-corrected chi connectivity index (χ4v) is 3.45. The molecule has 3 unspecified atom stereocenters. The summed E-state index contributed by atoms with van der Waals surface area (Å²) < 4.78 is 5.71. The maximum Gasteiger partial charge on any atom is 0.0576 e. The summed E-state index contributed by atoms with van der Waals surface area (Å²) in [4.78, 5) is 2.71. The molecule has 3 heteroatoms. The van der Waals surface area contributed by atoms with E-state index in [0.717, 1.165) is 12.6 Å². The average molecular weight is 254 g/mol. The van der Waals surface area contributed by atoms with Gasteiger partial charge in [0.15, 0.2) is 0 Å². The molecule has 2 heterocycles. The Morgan fingerprint density at radius 1 is 1.28 bits per heavy atom. The lowest BCUT2D eigenvalue weighted by Crippen LogP contribution is -2.50. The minimum Gasteiger partial charge on any atom is -0.378 e. The second-order valence-electron chi connectivity index (χ2n) is 5.95. The molecule has 3 nitrogen and oxygen atoms in total. The molecular weight excluding hydrogens is 224 g/mol. The summed E-state index contributed by atoms with van der Waals surface area (Å²) in [6.45, 7) is 5.87. The normalized spacial score (nSPS) is 31.7. The van der Waals surface area contributed by atoms with Crippen LogP contribution in [-0.4, -0.2) is 49.8 Å². The summed E-state index contributed by atoms with van der Waals surface area (Å²) >= 11 is 0. The molecule has 0 aliphatic carbocycles. The molecule has 106 valence electrons. The second kappa shape index (κ2) is 7.46. The highest BCUT2D eigenvalue weighted by Gasteiger charge is 2.26. The summed E-state index contributed by atoms with van der Waals surface area (Å²) in [6.07, 6.45) is 9.84. The number of hydrogen-bond donors (Lipinski definition) is 1. The highest BCUT2D eigenvalue weighted by Crippen LogP contribution is 2.22. The van der Waals surface area contributed by atoms with Crippen LogP contribution < -0.4 is 5.32 Å². The van der Waals surface area contributed by atoms with E-state index in [4.69, 9.17) is 4.74 Å². The first-order valence-electron chi connectivity index (χ1n) is 7.84. The summed E-state index contributed by atoms with van der Waals surface area (Å²) in [5, 5.41) is 3.43. The van der Waals surface area contributed by atoms with Crippen molar-refractivity contribution >= 4 is 0 Å². The summed E-state index contributed by atoms with van der Waals surface area (Å²) in [7, 11) is 2.09. The van der Waals surface area contributed by atoms with E-state index in [2.05, 4.69) is 24.2 Å². The van der Waals surface area contributed by atoms with Gasteiger partial charge in [-0.1, -0.05) is 6.42 Å². The minimum absolute atomic E-state index is 0.565. The molecule has 0 aromatic rings. The van der Waals surface area contributed by atoms with E-state index in [9.17, 15) is 0 Å². The minimum atomic E-state index is 0.565. The van der Waals surface area contributed by atoms with Gasteiger partial charge in [0, 0.05) is 18.7 Å². The van der Waals surface area contributed by atoms with Gasteiger partial charge in [-0.25, -0.2) is 0 Å². The molecular formula is C15H30N2O. The first-order valence-corrected chi connectivity index (χ1v) is 7.84. The number of likely N-dealkylation sites (N-methyl/N-ethyl adjacent to an activating group) is 1. The van der Waals surface area contributed by atoms with E-state index in [1.165, 1.54) is 58.0 Å². The van der Waals surface area contributed by atoms with E-state index >= 15 is 0 Å². The lowest BCUT2D eigenvalue weighted by atomic mass is 9.96. The first kappa shape index (κ1) is 14.3. The van der Waals surface area contributed by atoms with Crippen molar-refractivity contribution in [1.82, 2.24) is 10.2 Å². The zero-order chi connectivity index (χ0) is 12.8. The quantitative estimate of drug-likeness (QED) is 0.788. The van der Waals surface area contributed by atoms with Crippen molar-refractivity contribution in [3.63, 3.8) is 0 Å².